The number of methoxy groups -OCH3 is 2. The van der Waals surface area contributed by atoms with Crippen molar-refractivity contribution in [3.63, 3.8) is 0 Å². The molecule has 1 aromatic rings. The van der Waals surface area contributed by atoms with Crippen LogP contribution in [0.5, 0.6) is 0 Å². The Kier molecular flexibility index (Phi) is 4.52. The predicted octanol–water partition coefficient (Wildman–Crippen LogP) is 1.70. The van der Waals surface area contributed by atoms with E-state index in [1.165, 1.54) is 14.2 Å². The van der Waals surface area contributed by atoms with Crippen molar-refractivity contribution < 1.29 is 23.0 Å². The van der Waals surface area contributed by atoms with Gasteiger partial charge in [-0.2, -0.15) is 0 Å². The van der Waals surface area contributed by atoms with Gasteiger partial charge in [0.05, 0.1) is 0 Å². The fourth-order valence-corrected chi connectivity index (χ4v) is 1.31. The monoisotopic (exact) mass is 230 g/mol. The lowest BCUT2D eigenvalue weighted by molar-refractivity contribution is -0.155. The van der Waals surface area contributed by atoms with Gasteiger partial charge in [0.25, 0.3) is 0 Å². The number of benzene rings is 1. The molecule has 0 radical (unpaired) electrons. The highest BCUT2D eigenvalue weighted by Gasteiger charge is 2.18. The average molecular weight is 230 g/mol. The van der Waals surface area contributed by atoms with Gasteiger partial charge in [-0.15, -0.1) is 0 Å². The molecule has 0 aliphatic rings. The Morgan fingerprint density at radius 1 is 1.31 bits per heavy atom. The van der Waals surface area contributed by atoms with E-state index in [-0.39, 0.29) is 12.0 Å². The minimum Gasteiger partial charge on any atom is -0.349 e. The van der Waals surface area contributed by atoms with Crippen LogP contribution < -0.4 is 0 Å². The Morgan fingerprint density at radius 2 is 1.94 bits per heavy atom. The molecule has 0 aliphatic heterocycles. The highest BCUT2D eigenvalue weighted by atomic mass is 19.1. The van der Waals surface area contributed by atoms with Crippen LogP contribution in [0.15, 0.2) is 18.2 Å². The zero-order valence-electron chi connectivity index (χ0n) is 9.00. The Bertz CT molecular complexity index is 375. The van der Waals surface area contributed by atoms with Crippen LogP contribution in [0.25, 0.3) is 0 Å². The van der Waals surface area contributed by atoms with Gasteiger partial charge in [0.2, 0.25) is 6.29 Å². The van der Waals surface area contributed by atoms with Crippen molar-refractivity contribution in [1.82, 2.24) is 0 Å². The first kappa shape index (κ1) is 12.7. The summed E-state index contributed by atoms with van der Waals surface area (Å²) in [5, 5.41) is 0. The lowest BCUT2D eigenvalue weighted by Gasteiger charge is -2.12. The van der Waals surface area contributed by atoms with Crippen LogP contribution in [0.3, 0.4) is 0 Å². The number of carbonyl (C=O) groups is 1. The molecule has 0 fully saturated rings. The van der Waals surface area contributed by atoms with E-state index in [9.17, 15) is 13.6 Å². The molecule has 0 aliphatic carbocycles. The molecule has 5 heteroatoms. The molecule has 0 unspecified atom stereocenters. The lowest BCUT2D eigenvalue weighted by atomic mass is 10.1. The van der Waals surface area contributed by atoms with E-state index in [1.807, 2.05) is 0 Å². The van der Waals surface area contributed by atoms with Crippen molar-refractivity contribution in [2.45, 2.75) is 12.7 Å². The van der Waals surface area contributed by atoms with Gasteiger partial charge in [-0.25, -0.2) is 8.78 Å². The molecule has 0 heterocycles. The first-order valence-electron chi connectivity index (χ1n) is 4.60. The fourth-order valence-electron chi connectivity index (χ4n) is 1.31. The van der Waals surface area contributed by atoms with E-state index in [0.717, 1.165) is 18.2 Å². The van der Waals surface area contributed by atoms with Crippen LogP contribution in [0.4, 0.5) is 8.78 Å². The van der Waals surface area contributed by atoms with Crippen molar-refractivity contribution in [3.8, 4) is 0 Å². The molecule has 3 nitrogen and oxygen atoms in total. The van der Waals surface area contributed by atoms with Gasteiger partial charge in [0.15, 0.2) is 5.78 Å². The second-order valence-corrected chi connectivity index (χ2v) is 3.18. The quantitative estimate of drug-likeness (QED) is 0.722. The van der Waals surface area contributed by atoms with Crippen LogP contribution in [0, 0.1) is 11.6 Å². The van der Waals surface area contributed by atoms with Crippen LogP contribution in [0.2, 0.25) is 0 Å². The van der Waals surface area contributed by atoms with Gasteiger partial charge in [0, 0.05) is 20.6 Å². The molecule has 0 spiro atoms. The number of ether oxygens (including phenoxy) is 2. The van der Waals surface area contributed by atoms with E-state index in [1.54, 1.807) is 0 Å². The van der Waals surface area contributed by atoms with E-state index in [0.29, 0.717) is 0 Å². The molecule has 0 N–H and O–H groups in total. The average Bonchev–Trinajstić information content (AvgIpc) is 2.25. The Morgan fingerprint density at radius 3 is 2.50 bits per heavy atom. The second-order valence-electron chi connectivity index (χ2n) is 3.18. The highest BCUT2D eigenvalue weighted by molar-refractivity contribution is 5.84. The van der Waals surface area contributed by atoms with Crippen molar-refractivity contribution in [2.75, 3.05) is 14.2 Å². The molecule has 0 amide bonds. The van der Waals surface area contributed by atoms with Crippen LogP contribution >= 0.6 is 0 Å². The summed E-state index contributed by atoms with van der Waals surface area (Å²) in [7, 11) is 2.60. The van der Waals surface area contributed by atoms with Crippen molar-refractivity contribution >= 4 is 5.78 Å². The van der Waals surface area contributed by atoms with E-state index < -0.39 is 23.7 Å². The third-order valence-electron chi connectivity index (χ3n) is 2.06. The minimum atomic E-state index is -1.05. The number of hydrogen-bond donors (Lipinski definition) is 0. The SMILES string of the molecule is COC(OC)C(=O)Cc1cc(F)ccc1F. The van der Waals surface area contributed by atoms with E-state index in [2.05, 4.69) is 0 Å². The smallest absolute Gasteiger partial charge is 0.217 e. The maximum absolute atomic E-state index is 13.2. The zero-order valence-corrected chi connectivity index (χ0v) is 9.00. The molecule has 16 heavy (non-hydrogen) atoms. The van der Waals surface area contributed by atoms with Gasteiger partial charge >= 0.3 is 0 Å². The first-order valence-corrected chi connectivity index (χ1v) is 4.60. The molecule has 0 saturated carbocycles. The number of hydrogen-bond acceptors (Lipinski definition) is 3. The maximum atomic E-state index is 13.2. The third-order valence-corrected chi connectivity index (χ3v) is 2.06. The summed E-state index contributed by atoms with van der Waals surface area (Å²) in [5.74, 6) is -1.68. The summed E-state index contributed by atoms with van der Waals surface area (Å²) in [6, 6.07) is 2.95. The van der Waals surface area contributed by atoms with Gasteiger partial charge in [-0.05, 0) is 23.8 Å². The van der Waals surface area contributed by atoms with Crippen molar-refractivity contribution in [2.24, 2.45) is 0 Å². The van der Waals surface area contributed by atoms with Crippen LogP contribution in [0.1, 0.15) is 5.56 Å². The predicted molar refractivity (Wildman–Crippen MR) is 52.9 cm³/mol. The lowest BCUT2D eigenvalue weighted by Crippen LogP contribution is -2.26. The van der Waals surface area contributed by atoms with Crippen molar-refractivity contribution in [3.05, 3.63) is 35.4 Å². The molecule has 0 bridgehead atoms. The molecule has 88 valence electrons. The molecule has 1 aromatic carbocycles. The summed E-state index contributed by atoms with van der Waals surface area (Å²) in [5.41, 5.74) is -0.0101. The summed E-state index contributed by atoms with van der Waals surface area (Å²) in [4.78, 5) is 11.5. The maximum Gasteiger partial charge on any atom is 0.217 e. The summed E-state index contributed by atoms with van der Waals surface area (Å²) < 4.78 is 35.5. The van der Waals surface area contributed by atoms with Crippen molar-refractivity contribution in [1.29, 1.82) is 0 Å². The Labute approximate surface area is 92.0 Å². The molecule has 0 saturated heterocycles. The molecular formula is C11H12F2O3. The van der Waals surface area contributed by atoms with Crippen LogP contribution in [-0.2, 0) is 20.7 Å². The van der Waals surface area contributed by atoms with Crippen LogP contribution in [-0.4, -0.2) is 26.3 Å². The standard InChI is InChI=1S/C11H12F2O3/c1-15-11(16-2)10(14)6-7-5-8(12)3-4-9(7)13/h3-5,11H,6H2,1-2H3. The Balaban J connectivity index is 2.80. The van der Waals surface area contributed by atoms with E-state index in [4.69, 9.17) is 9.47 Å². The van der Waals surface area contributed by atoms with Gasteiger partial charge in [-0.3, -0.25) is 4.79 Å². The van der Waals surface area contributed by atoms with E-state index >= 15 is 0 Å². The minimum absolute atomic E-state index is 0.0101. The first-order chi connectivity index (χ1) is 7.58. The molecule has 0 aromatic heterocycles. The second kappa shape index (κ2) is 5.67. The largest absolute Gasteiger partial charge is 0.349 e. The molecule has 1 rings (SSSR count). The topological polar surface area (TPSA) is 35.5 Å². The third kappa shape index (κ3) is 3.08. The number of carbonyl (C=O) groups excluding carboxylic acids is 1. The summed E-state index contributed by atoms with van der Waals surface area (Å²) in [6.45, 7) is 0. The van der Waals surface area contributed by atoms with Gasteiger partial charge < -0.3 is 9.47 Å². The Hall–Kier alpha value is -1.33. The zero-order chi connectivity index (χ0) is 12.1. The number of rotatable bonds is 5. The number of ketones is 1. The summed E-state index contributed by atoms with van der Waals surface area (Å²) >= 11 is 0. The highest BCUT2D eigenvalue weighted by Crippen LogP contribution is 2.12. The number of Topliss-reactive ketones (excluding diaryl/α,β-unsaturated/α-hetero) is 1. The van der Waals surface area contributed by atoms with Gasteiger partial charge in [0.1, 0.15) is 11.6 Å². The van der Waals surface area contributed by atoms with Gasteiger partial charge in [-0.1, -0.05) is 0 Å². The number of halogens is 2. The normalized spacial score (nSPS) is 10.8. The fraction of sp³-hybridized carbons (Fsp3) is 0.364. The molecular weight excluding hydrogens is 218 g/mol. The summed E-state index contributed by atoms with van der Waals surface area (Å²) in [6.07, 6.45) is -1.32. The molecule has 0 atom stereocenters.